The van der Waals surface area contributed by atoms with E-state index in [0.717, 1.165) is 44.9 Å². The molecule has 0 aromatic rings. The van der Waals surface area contributed by atoms with Crippen LogP contribution in [0.2, 0.25) is 0 Å². The maximum absolute atomic E-state index is 12.6. The Morgan fingerprint density at radius 3 is 1.50 bits per heavy atom. The summed E-state index contributed by atoms with van der Waals surface area (Å²) >= 11 is 0. The molecule has 380 valence electrons. The Labute approximate surface area is 401 Å². The monoisotopic (exact) mass is 957 g/mol. The number of fused-ring (bicyclic) bond motifs is 7. The second-order valence-electron chi connectivity index (χ2n) is 24.2. The molecular formula is C52H76O16. The van der Waals surface area contributed by atoms with Crippen molar-refractivity contribution in [2.75, 3.05) is 6.61 Å². The van der Waals surface area contributed by atoms with E-state index >= 15 is 0 Å². The standard InChI is InChI=1S/C19H28O6.C18H26O6.C15H22O4/c1-6-18(2,3)17(22)25-19(4,5)9-13(20)23-14-10-7-11-12(8-10)16(21)24-15(11)14;1-6-17(2,3)15(20)24-18(4,5)16(21)23-12-9-7-10-11(8-9)14(19)22-13(10)12;1-4-15(2,3)14(17)19-11-6-8-5-9(11)10-7-18-13(16)12(8)10/h10-12,14-15H,6-9H2,1-5H3;9-13H,6-8H2,1-5H3;8-12H,4-7H2,1-3H3. The van der Waals surface area contributed by atoms with Crippen LogP contribution in [0.3, 0.4) is 0 Å². The van der Waals surface area contributed by atoms with Gasteiger partial charge in [0.1, 0.15) is 36.1 Å². The van der Waals surface area contributed by atoms with Crippen molar-refractivity contribution < 1.29 is 76.3 Å². The number of rotatable bonds is 14. The average Bonchev–Trinajstić information content (AvgIpc) is 4.14. The van der Waals surface area contributed by atoms with Crippen LogP contribution in [0.4, 0.5) is 0 Å². The molecule has 0 spiro atoms. The van der Waals surface area contributed by atoms with Gasteiger partial charge in [-0.25, -0.2) is 4.79 Å². The minimum Gasteiger partial charge on any atom is -0.465 e. The molecule has 15 unspecified atom stereocenters. The van der Waals surface area contributed by atoms with Crippen LogP contribution in [-0.4, -0.2) is 96.1 Å². The van der Waals surface area contributed by atoms with E-state index in [1.165, 1.54) is 13.8 Å². The van der Waals surface area contributed by atoms with Gasteiger partial charge in [0.25, 0.3) is 0 Å². The fraction of sp³-hybridized carbons (Fsp3) is 0.846. The molecule has 6 saturated carbocycles. The van der Waals surface area contributed by atoms with Crippen LogP contribution < -0.4 is 0 Å². The molecule has 9 rings (SSSR count). The third-order valence-electron chi connectivity index (χ3n) is 17.5. The van der Waals surface area contributed by atoms with Gasteiger partial charge in [-0.05, 0) is 133 Å². The summed E-state index contributed by atoms with van der Waals surface area (Å²) in [6.07, 6.45) is 5.74. The molecule has 15 atom stereocenters. The van der Waals surface area contributed by atoms with Gasteiger partial charge in [0.15, 0.2) is 0 Å². The van der Waals surface area contributed by atoms with Crippen LogP contribution in [0.15, 0.2) is 0 Å². The van der Waals surface area contributed by atoms with Gasteiger partial charge < -0.3 is 37.9 Å². The van der Waals surface area contributed by atoms with Crippen molar-refractivity contribution in [1.29, 1.82) is 0 Å². The van der Waals surface area contributed by atoms with Crippen molar-refractivity contribution in [2.24, 2.45) is 75.4 Å². The van der Waals surface area contributed by atoms with E-state index in [1.807, 2.05) is 48.5 Å². The molecule has 0 radical (unpaired) electrons. The van der Waals surface area contributed by atoms with Gasteiger partial charge in [0.05, 0.1) is 47.0 Å². The van der Waals surface area contributed by atoms with E-state index < -0.39 is 51.5 Å². The Kier molecular flexibility index (Phi) is 14.0. The SMILES string of the molecule is CCC(C)(C)C(=O)OC(C)(C)C(=O)OC1C2CC3C(=O)OC1C3C2.CCC(C)(C)C(=O)OC(C)(C)CC(=O)OC1C2CC3C(=O)OC1C3C2.CCC(C)(C)C(=O)OC1CC2CC1C1COC(=O)C21. The molecule has 16 nitrogen and oxygen atoms in total. The molecule has 9 aliphatic rings. The predicted molar refractivity (Wildman–Crippen MR) is 240 cm³/mol. The third-order valence-corrected chi connectivity index (χ3v) is 17.5. The van der Waals surface area contributed by atoms with Gasteiger partial charge in [-0.15, -0.1) is 0 Å². The minimum atomic E-state index is -1.37. The lowest BCUT2D eigenvalue weighted by Crippen LogP contribution is -2.46. The van der Waals surface area contributed by atoms with Crippen molar-refractivity contribution in [3.8, 4) is 0 Å². The summed E-state index contributed by atoms with van der Waals surface area (Å²) in [6.45, 7) is 23.9. The quantitative estimate of drug-likeness (QED) is 0.126. The molecule has 6 aliphatic carbocycles. The molecule has 6 bridgehead atoms. The molecule has 0 N–H and O–H groups in total. The highest BCUT2D eigenvalue weighted by atomic mass is 16.6. The average molecular weight is 957 g/mol. The fourth-order valence-electron chi connectivity index (χ4n) is 11.9. The van der Waals surface area contributed by atoms with Crippen molar-refractivity contribution in [2.45, 2.75) is 196 Å². The first-order chi connectivity index (χ1) is 31.5. The zero-order valence-corrected chi connectivity index (χ0v) is 42.5. The molecule has 16 heteroatoms. The predicted octanol–water partition coefficient (Wildman–Crippen LogP) is 7.03. The Bertz CT molecular complexity index is 2030. The molecule has 0 aromatic heterocycles. The van der Waals surface area contributed by atoms with Gasteiger partial charge in [0, 0.05) is 35.5 Å². The number of cyclic esters (lactones) is 1. The van der Waals surface area contributed by atoms with E-state index in [1.54, 1.807) is 27.7 Å². The number of esters is 8. The molecule has 68 heavy (non-hydrogen) atoms. The van der Waals surface area contributed by atoms with Crippen LogP contribution in [-0.2, 0) is 76.3 Å². The number of carbonyl (C=O) groups is 8. The van der Waals surface area contributed by atoms with Crippen LogP contribution >= 0.6 is 0 Å². The first-order valence-electron chi connectivity index (χ1n) is 25.2. The molecule has 3 aliphatic heterocycles. The summed E-state index contributed by atoms with van der Waals surface area (Å²) in [7, 11) is 0. The van der Waals surface area contributed by atoms with Gasteiger partial charge in [-0.1, -0.05) is 20.8 Å². The summed E-state index contributed by atoms with van der Waals surface area (Å²) in [5.74, 6) is -0.394. The molecule has 3 heterocycles. The smallest absolute Gasteiger partial charge is 0.350 e. The maximum atomic E-state index is 12.6. The molecule has 0 aromatic carbocycles. The number of carbonyl (C=O) groups excluding carboxylic acids is 8. The highest BCUT2D eigenvalue weighted by molar-refractivity contribution is 5.85. The number of hydrogen-bond donors (Lipinski definition) is 0. The molecule has 9 fully saturated rings. The zero-order chi connectivity index (χ0) is 50.2. The highest BCUT2D eigenvalue weighted by Gasteiger charge is 2.65. The van der Waals surface area contributed by atoms with Crippen LogP contribution in [0.1, 0.15) is 154 Å². The first kappa shape index (κ1) is 51.6. The van der Waals surface area contributed by atoms with Crippen molar-refractivity contribution >= 4 is 47.8 Å². The Balaban J connectivity index is 0.000000152. The normalized spacial score (nSPS) is 35.5. The van der Waals surface area contributed by atoms with E-state index in [-0.39, 0.29) is 108 Å². The van der Waals surface area contributed by atoms with Crippen molar-refractivity contribution in [3.05, 3.63) is 0 Å². The number of hydrogen-bond acceptors (Lipinski definition) is 16. The zero-order valence-electron chi connectivity index (χ0n) is 42.5. The van der Waals surface area contributed by atoms with E-state index in [9.17, 15) is 38.4 Å². The lowest BCUT2D eigenvalue weighted by atomic mass is 9.79. The topological polar surface area (TPSA) is 210 Å². The van der Waals surface area contributed by atoms with Crippen LogP contribution in [0.5, 0.6) is 0 Å². The summed E-state index contributed by atoms with van der Waals surface area (Å²) in [5, 5.41) is 0. The molecule has 0 amide bonds. The largest absolute Gasteiger partial charge is 0.465 e. The molecule has 3 saturated heterocycles. The van der Waals surface area contributed by atoms with Gasteiger partial charge in [-0.3, -0.25) is 33.6 Å². The first-order valence-corrected chi connectivity index (χ1v) is 25.2. The minimum absolute atomic E-state index is 0.000856. The van der Waals surface area contributed by atoms with Gasteiger partial charge in [-0.2, -0.15) is 0 Å². The summed E-state index contributed by atoms with van der Waals surface area (Å²) < 4.78 is 44.0. The van der Waals surface area contributed by atoms with Crippen molar-refractivity contribution in [3.63, 3.8) is 0 Å². The van der Waals surface area contributed by atoms with Gasteiger partial charge >= 0.3 is 47.8 Å². The van der Waals surface area contributed by atoms with Gasteiger partial charge in [0.2, 0.25) is 5.60 Å². The summed E-state index contributed by atoms with van der Waals surface area (Å²) in [4.78, 5) is 96.8. The second-order valence-corrected chi connectivity index (χ2v) is 24.2. The van der Waals surface area contributed by atoms with Crippen LogP contribution in [0.25, 0.3) is 0 Å². The summed E-state index contributed by atoms with van der Waals surface area (Å²) in [5.41, 5.74) is -3.96. The Morgan fingerprint density at radius 2 is 0.985 bits per heavy atom. The number of ether oxygens (including phenoxy) is 8. The molecular weight excluding hydrogens is 881 g/mol. The summed E-state index contributed by atoms with van der Waals surface area (Å²) in [6, 6.07) is 0. The highest BCUT2D eigenvalue weighted by Crippen LogP contribution is 2.58. The lowest BCUT2D eigenvalue weighted by Gasteiger charge is -2.32. The van der Waals surface area contributed by atoms with E-state index in [4.69, 9.17) is 37.9 Å². The maximum Gasteiger partial charge on any atom is 0.350 e. The van der Waals surface area contributed by atoms with E-state index in [0.29, 0.717) is 31.3 Å². The third kappa shape index (κ3) is 9.77. The van der Waals surface area contributed by atoms with Crippen molar-refractivity contribution in [1.82, 2.24) is 0 Å². The second kappa shape index (κ2) is 18.5. The van der Waals surface area contributed by atoms with Crippen LogP contribution in [0, 0.1) is 75.4 Å². The van der Waals surface area contributed by atoms with E-state index in [2.05, 4.69) is 0 Å². The lowest BCUT2D eigenvalue weighted by molar-refractivity contribution is -0.192. The fourth-order valence-corrected chi connectivity index (χ4v) is 11.9. The Morgan fingerprint density at radius 1 is 0.515 bits per heavy atom. The Hall–Kier alpha value is -4.24.